The Kier molecular flexibility index (Phi) is 4.61. The number of rotatable bonds is 3. The van der Waals surface area contributed by atoms with Crippen LogP contribution in [0, 0.1) is 0 Å². The average molecular weight is 352 g/mol. The lowest BCUT2D eigenvalue weighted by molar-refractivity contribution is -0.160. The fourth-order valence-corrected chi connectivity index (χ4v) is 3.11. The lowest BCUT2D eigenvalue weighted by Gasteiger charge is -2.38. The number of anilines is 1. The zero-order valence-electron chi connectivity index (χ0n) is 12.2. The molecule has 2 atom stereocenters. The minimum atomic E-state index is -0.817. The number of carbonyl (C=O) groups excluding carboxylic acids is 2. The Balaban J connectivity index is 1.88. The van der Waals surface area contributed by atoms with E-state index in [2.05, 4.69) is 10.3 Å². The summed E-state index contributed by atoms with van der Waals surface area (Å²) in [7, 11) is 1.66. The maximum Gasteiger partial charge on any atom is 0.257 e. The van der Waals surface area contributed by atoms with Gasteiger partial charge in [0.15, 0.2) is 11.2 Å². The first kappa shape index (κ1) is 15.9. The maximum absolute atomic E-state index is 12.5. The van der Waals surface area contributed by atoms with Crippen LogP contribution in [0.4, 0.5) is 5.13 Å². The molecule has 0 aliphatic carbocycles. The summed E-state index contributed by atoms with van der Waals surface area (Å²) in [5.74, 6) is -0.512. The van der Waals surface area contributed by atoms with Crippen LogP contribution in [0.5, 0.6) is 0 Å². The lowest BCUT2D eigenvalue weighted by Crippen LogP contribution is -2.51. The Labute approximate surface area is 142 Å². The first-order chi connectivity index (χ1) is 11.1. The topological polar surface area (TPSA) is 71.5 Å². The van der Waals surface area contributed by atoms with Crippen molar-refractivity contribution in [2.75, 3.05) is 19.0 Å². The van der Waals surface area contributed by atoms with Gasteiger partial charge in [0, 0.05) is 23.6 Å². The monoisotopic (exact) mass is 351 g/mol. The Morgan fingerprint density at radius 3 is 2.83 bits per heavy atom. The van der Waals surface area contributed by atoms with E-state index in [0.717, 1.165) is 5.56 Å². The zero-order valence-corrected chi connectivity index (χ0v) is 13.8. The molecule has 2 heterocycles. The molecule has 1 aromatic carbocycles. The molecular weight excluding hydrogens is 338 g/mol. The highest BCUT2D eigenvalue weighted by Crippen LogP contribution is 2.30. The number of aromatic nitrogens is 1. The van der Waals surface area contributed by atoms with E-state index in [4.69, 9.17) is 16.3 Å². The van der Waals surface area contributed by atoms with Crippen molar-refractivity contribution in [2.24, 2.45) is 0 Å². The van der Waals surface area contributed by atoms with E-state index in [-0.39, 0.29) is 18.4 Å². The highest BCUT2D eigenvalue weighted by molar-refractivity contribution is 7.13. The number of carbonyl (C=O) groups is 2. The van der Waals surface area contributed by atoms with Crippen molar-refractivity contribution in [3.8, 4) is 0 Å². The van der Waals surface area contributed by atoms with Gasteiger partial charge in [-0.05, 0) is 17.7 Å². The SMILES string of the molecule is CN1C(=O)CO[C@@H](C(=O)Nc2nccs2)[C@H]1c1ccc(Cl)cc1. The van der Waals surface area contributed by atoms with Gasteiger partial charge in [-0.2, -0.15) is 0 Å². The third kappa shape index (κ3) is 3.36. The van der Waals surface area contributed by atoms with Crippen LogP contribution in [0.2, 0.25) is 5.02 Å². The van der Waals surface area contributed by atoms with Gasteiger partial charge >= 0.3 is 0 Å². The molecule has 1 fully saturated rings. The van der Waals surface area contributed by atoms with Gasteiger partial charge < -0.3 is 9.64 Å². The predicted octanol–water partition coefficient (Wildman–Crippen LogP) is 2.33. The molecule has 1 aromatic heterocycles. The number of ether oxygens (including phenoxy) is 1. The maximum atomic E-state index is 12.5. The van der Waals surface area contributed by atoms with Crippen molar-refractivity contribution in [3.63, 3.8) is 0 Å². The molecule has 8 heteroatoms. The summed E-state index contributed by atoms with van der Waals surface area (Å²) in [6.07, 6.45) is 0.789. The molecule has 0 radical (unpaired) electrons. The van der Waals surface area contributed by atoms with Crippen molar-refractivity contribution in [2.45, 2.75) is 12.1 Å². The van der Waals surface area contributed by atoms with Crippen LogP contribution < -0.4 is 5.32 Å². The Morgan fingerprint density at radius 1 is 1.43 bits per heavy atom. The van der Waals surface area contributed by atoms with E-state index in [9.17, 15) is 9.59 Å². The summed E-state index contributed by atoms with van der Waals surface area (Å²) in [5, 5.41) is 5.56. The summed E-state index contributed by atoms with van der Waals surface area (Å²) in [5.41, 5.74) is 0.782. The van der Waals surface area contributed by atoms with Crippen molar-refractivity contribution in [1.82, 2.24) is 9.88 Å². The smallest absolute Gasteiger partial charge is 0.257 e. The van der Waals surface area contributed by atoms with Gasteiger partial charge in [0.25, 0.3) is 5.91 Å². The number of nitrogens with one attached hydrogen (secondary N) is 1. The van der Waals surface area contributed by atoms with Crippen molar-refractivity contribution in [3.05, 3.63) is 46.4 Å². The summed E-state index contributed by atoms with van der Waals surface area (Å²) >= 11 is 7.23. The van der Waals surface area contributed by atoms with Crippen LogP contribution in [0.25, 0.3) is 0 Å². The minimum Gasteiger partial charge on any atom is -0.356 e. The molecular formula is C15H14ClN3O3S. The predicted molar refractivity (Wildman–Crippen MR) is 87.4 cm³/mol. The number of nitrogens with zero attached hydrogens (tertiary/aromatic N) is 2. The molecule has 120 valence electrons. The van der Waals surface area contributed by atoms with Crippen LogP contribution in [-0.4, -0.2) is 41.5 Å². The lowest BCUT2D eigenvalue weighted by atomic mass is 9.98. The van der Waals surface area contributed by atoms with Gasteiger partial charge in [-0.15, -0.1) is 11.3 Å². The number of halogens is 1. The molecule has 0 unspecified atom stereocenters. The van der Waals surface area contributed by atoms with E-state index in [1.165, 1.54) is 16.2 Å². The van der Waals surface area contributed by atoms with Gasteiger partial charge in [0.1, 0.15) is 6.61 Å². The molecule has 1 N–H and O–H groups in total. The molecule has 0 saturated carbocycles. The Hall–Kier alpha value is -1.96. The van der Waals surface area contributed by atoms with Crippen LogP contribution >= 0.6 is 22.9 Å². The second-order valence-corrected chi connectivity index (χ2v) is 6.39. The van der Waals surface area contributed by atoms with Gasteiger partial charge in [-0.1, -0.05) is 23.7 Å². The number of likely N-dealkylation sites (N-methyl/N-ethyl adjacent to an activating group) is 1. The molecule has 2 amide bonds. The quantitative estimate of drug-likeness (QED) is 0.921. The van der Waals surface area contributed by atoms with Crippen LogP contribution in [0.1, 0.15) is 11.6 Å². The van der Waals surface area contributed by atoms with Crippen LogP contribution in [0.15, 0.2) is 35.8 Å². The van der Waals surface area contributed by atoms with Gasteiger partial charge in [0.05, 0.1) is 6.04 Å². The van der Waals surface area contributed by atoms with E-state index >= 15 is 0 Å². The molecule has 3 rings (SSSR count). The summed E-state index contributed by atoms with van der Waals surface area (Å²) in [6.45, 7) is -0.128. The molecule has 6 nitrogen and oxygen atoms in total. The summed E-state index contributed by atoms with van der Waals surface area (Å²) < 4.78 is 5.51. The number of thiazole rings is 1. The minimum absolute atomic E-state index is 0.128. The number of hydrogen-bond donors (Lipinski definition) is 1. The van der Waals surface area contributed by atoms with Crippen molar-refractivity contribution in [1.29, 1.82) is 0 Å². The first-order valence-corrected chi connectivity index (χ1v) is 8.15. The standard InChI is InChI=1S/C15H14ClN3O3S/c1-19-11(20)8-22-13(14(21)18-15-17-6-7-23-15)12(19)9-2-4-10(16)5-3-9/h2-7,12-13H,8H2,1H3,(H,17,18,21)/t12-,13-/m1/s1. The molecule has 0 spiro atoms. The molecule has 1 aliphatic heterocycles. The molecule has 1 saturated heterocycles. The largest absolute Gasteiger partial charge is 0.356 e. The highest BCUT2D eigenvalue weighted by Gasteiger charge is 2.40. The number of morpholine rings is 1. The van der Waals surface area contributed by atoms with Crippen LogP contribution in [-0.2, 0) is 14.3 Å². The second kappa shape index (κ2) is 6.66. The van der Waals surface area contributed by atoms with E-state index in [1.807, 2.05) is 0 Å². The fourth-order valence-electron chi connectivity index (χ4n) is 2.45. The molecule has 0 bridgehead atoms. The van der Waals surface area contributed by atoms with Crippen molar-refractivity contribution < 1.29 is 14.3 Å². The van der Waals surface area contributed by atoms with Gasteiger partial charge in [0.2, 0.25) is 5.91 Å². The first-order valence-electron chi connectivity index (χ1n) is 6.89. The number of benzene rings is 1. The Bertz CT molecular complexity index is 705. The van der Waals surface area contributed by atoms with Gasteiger partial charge in [-0.3, -0.25) is 14.9 Å². The number of amides is 2. The normalized spacial score (nSPS) is 21.3. The number of hydrogen-bond acceptors (Lipinski definition) is 5. The molecule has 2 aromatic rings. The molecule has 23 heavy (non-hydrogen) atoms. The van der Waals surface area contributed by atoms with E-state index < -0.39 is 12.1 Å². The zero-order chi connectivity index (χ0) is 16.4. The van der Waals surface area contributed by atoms with E-state index in [1.54, 1.807) is 42.9 Å². The summed E-state index contributed by atoms with van der Waals surface area (Å²) in [6, 6.07) is 6.50. The molecule has 1 aliphatic rings. The van der Waals surface area contributed by atoms with E-state index in [0.29, 0.717) is 10.2 Å². The summed E-state index contributed by atoms with van der Waals surface area (Å²) in [4.78, 5) is 30.1. The van der Waals surface area contributed by atoms with Crippen LogP contribution in [0.3, 0.4) is 0 Å². The van der Waals surface area contributed by atoms with Gasteiger partial charge in [-0.25, -0.2) is 4.98 Å². The average Bonchev–Trinajstić information content (AvgIpc) is 3.04. The van der Waals surface area contributed by atoms with Crippen molar-refractivity contribution >= 4 is 39.9 Å². The highest BCUT2D eigenvalue weighted by atomic mass is 35.5. The third-order valence-electron chi connectivity index (χ3n) is 3.62. The Morgan fingerprint density at radius 2 is 2.17 bits per heavy atom. The second-order valence-electron chi connectivity index (χ2n) is 5.06. The fraction of sp³-hybridized carbons (Fsp3) is 0.267. The third-order valence-corrected chi connectivity index (χ3v) is 4.56.